The zero-order valence-electron chi connectivity index (χ0n) is 24.1. The van der Waals surface area contributed by atoms with Crippen LogP contribution in [0.15, 0.2) is 77.7 Å². The van der Waals surface area contributed by atoms with Gasteiger partial charge >= 0.3 is 0 Å². The molecule has 0 spiro atoms. The number of hydrogen-bond acceptors (Lipinski definition) is 5. The number of rotatable bonds is 15. The quantitative estimate of drug-likeness (QED) is 0.218. The Bertz CT molecular complexity index is 1440. The van der Waals surface area contributed by atoms with Gasteiger partial charge in [-0.25, -0.2) is 12.8 Å². The zero-order chi connectivity index (χ0) is 30.7. The summed E-state index contributed by atoms with van der Waals surface area (Å²) in [6.07, 6.45) is 1.96. The number of benzene rings is 3. The van der Waals surface area contributed by atoms with E-state index in [9.17, 15) is 22.4 Å². The Morgan fingerprint density at radius 3 is 2.24 bits per heavy atom. The molecule has 0 aromatic heterocycles. The molecule has 11 heteroatoms. The molecular weight excluding hydrogens is 581 g/mol. The number of hydrogen-bond donors (Lipinski definition) is 1. The molecule has 0 aliphatic rings. The fourth-order valence-electron chi connectivity index (χ4n) is 4.37. The van der Waals surface area contributed by atoms with E-state index in [0.29, 0.717) is 35.9 Å². The van der Waals surface area contributed by atoms with Gasteiger partial charge in [-0.3, -0.25) is 13.9 Å². The molecule has 226 valence electrons. The van der Waals surface area contributed by atoms with E-state index in [1.165, 1.54) is 17.0 Å². The Balaban J connectivity index is 2.05. The summed E-state index contributed by atoms with van der Waals surface area (Å²) in [5.41, 5.74) is 0.815. The van der Waals surface area contributed by atoms with Gasteiger partial charge in [0.15, 0.2) is 0 Å². The third kappa shape index (κ3) is 8.45. The third-order valence-electron chi connectivity index (χ3n) is 6.63. The van der Waals surface area contributed by atoms with Crippen molar-refractivity contribution in [3.63, 3.8) is 0 Å². The van der Waals surface area contributed by atoms with E-state index in [-0.39, 0.29) is 23.0 Å². The highest BCUT2D eigenvalue weighted by Gasteiger charge is 2.34. The highest BCUT2D eigenvalue weighted by Crippen LogP contribution is 2.27. The number of ether oxygens (including phenoxy) is 1. The van der Waals surface area contributed by atoms with Gasteiger partial charge in [-0.15, -0.1) is 0 Å². The van der Waals surface area contributed by atoms with Crippen LogP contribution < -0.4 is 14.4 Å². The van der Waals surface area contributed by atoms with Crippen LogP contribution in [0.25, 0.3) is 0 Å². The highest BCUT2D eigenvalue weighted by atomic mass is 35.5. The van der Waals surface area contributed by atoms with Crippen molar-refractivity contribution in [1.82, 2.24) is 10.2 Å². The maximum absolute atomic E-state index is 14.1. The Morgan fingerprint density at radius 2 is 1.64 bits per heavy atom. The van der Waals surface area contributed by atoms with E-state index in [4.69, 9.17) is 16.3 Å². The van der Waals surface area contributed by atoms with Crippen molar-refractivity contribution in [3.05, 3.63) is 89.2 Å². The standard InChI is InChI=1S/C31H37ClFN3O5S/c1-4-7-20-34-31(38)29(5-2)35(21-23-10-8-9-11-28(23)32)30(37)22-36(25-14-16-26(17-15-25)41-6-3)42(39,40)27-18-12-24(33)13-19-27/h8-19,29H,4-7,20-22H2,1-3H3,(H,34,38)/t29-/m1/s1. The molecule has 0 aliphatic heterocycles. The second kappa shape index (κ2) is 15.6. The van der Waals surface area contributed by atoms with Crippen LogP contribution in [-0.4, -0.2) is 50.9 Å². The van der Waals surface area contributed by atoms with Crippen molar-refractivity contribution in [3.8, 4) is 5.75 Å². The molecule has 3 aromatic carbocycles. The van der Waals surface area contributed by atoms with Crippen LogP contribution in [0.1, 0.15) is 45.6 Å². The predicted octanol–water partition coefficient (Wildman–Crippen LogP) is 5.80. The minimum atomic E-state index is -4.32. The van der Waals surface area contributed by atoms with Crippen LogP contribution in [0.4, 0.5) is 10.1 Å². The maximum Gasteiger partial charge on any atom is 0.264 e. The second-order valence-corrected chi connectivity index (χ2v) is 11.8. The Hall–Kier alpha value is -3.63. The summed E-state index contributed by atoms with van der Waals surface area (Å²) in [6, 6.07) is 16.8. The number of halogens is 2. The van der Waals surface area contributed by atoms with Gasteiger partial charge < -0.3 is 15.0 Å². The average Bonchev–Trinajstić information content (AvgIpc) is 2.97. The van der Waals surface area contributed by atoms with E-state index >= 15 is 0 Å². The molecule has 1 N–H and O–H groups in total. The molecule has 0 aliphatic carbocycles. The van der Waals surface area contributed by atoms with E-state index in [1.807, 2.05) is 13.8 Å². The van der Waals surface area contributed by atoms with Gasteiger partial charge in [0.1, 0.15) is 24.2 Å². The van der Waals surface area contributed by atoms with Crippen LogP contribution >= 0.6 is 11.6 Å². The first-order valence-electron chi connectivity index (χ1n) is 13.9. The summed E-state index contributed by atoms with van der Waals surface area (Å²) >= 11 is 6.42. The van der Waals surface area contributed by atoms with Gasteiger partial charge in [0.2, 0.25) is 11.8 Å². The van der Waals surface area contributed by atoms with Gasteiger partial charge in [0.25, 0.3) is 10.0 Å². The molecule has 0 unspecified atom stereocenters. The maximum atomic E-state index is 14.1. The van der Waals surface area contributed by atoms with Crippen molar-refractivity contribution in [2.24, 2.45) is 0 Å². The van der Waals surface area contributed by atoms with E-state index in [0.717, 1.165) is 41.4 Å². The van der Waals surface area contributed by atoms with E-state index in [1.54, 1.807) is 43.3 Å². The van der Waals surface area contributed by atoms with Crippen LogP contribution in [0, 0.1) is 5.82 Å². The topological polar surface area (TPSA) is 96.0 Å². The normalized spacial score (nSPS) is 11.9. The molecule has 42 heavy (non-hydrogen) atoms. The highest BCUT2D eigenvalue weighted by molar-refractivity contribution is 7.92. The lowest BCUT2D eigenvalue weighted by Gasteiger charge is -2.33. The molecule has 0 saturated carbocycles. The Kier molecular flexibility index (Phi) is 12.2. The molecule has 0 fully saturated rings. The summed E-state index contributed by atoms with van der Waals surface area (Å²) in [6.45, 7) is 5.88. The monoisotopic (exact) mass is 617 g/mol. The lowest BCUT2D eigenvalue weighted by molar-refractivity contribution is -0.140. The van der Waals surface area contributed by atoms with Gasteiger partial charge in [0, 0.05) is 18.1 Å². The lowest BCUT2D eigenvalue weighted by Crippen LogP contribution is -2.52. The first kappa shape index (κ1) is 32.9. The number of anilines is 1. The molecule has 3 rings (SSSR count). The van der Waals surface area contributed by atoms with Gasteiger partial charge in [-0.05, 0) is 79.9 Å². The van der Waals surface area contributed by atoms with Crippen LogP contribution in [0.3, 0.4) is 0 Å². The molecule has 0 saturated heterocycles. The van der Waals surface area contributed by atoms with Gasteiger partial charge in [0.05, 0.1) is 17.2 Å². The van der Waals surface area contributed by atoms with Crippen molar-refractivity contribution < 1.29 is 27.1 Å². The zero-order valence-corrected chi connectivity index (χ0v) is 25.6. The summed E-state index contributed by atoms with van der Waals surface area (Å²) in [4.78, 5) is 28.5. The minimum Gasteiger partial charge on any atom is -0.494 e. The first-order valence-corrected chi connectivity index (χ1v) is 15.8. The van der Waals surface area contributed by atoms with Crippen molar-refractivity contribution in [1.29, 1.82) is 0 Å². The molecular formula is C31H37ClFN3O5S. The summed E-state index contributed by atoms with van der Waals surface area (Å²) in [5, 5.41) is 3.30. The minimum absolute atomic E-state index is 0.00801. The molecule has 0 radical (unpaired) electrons. The molecule has 2 amide bonds. The number of sulfonamides is 1. The number of carbonyl (C=O) groups is 2. The SMILES string of the molecule is CCCCNC(=O)[C@@H](CC)N(Cc1ccccc1Cl)C(=O)CN(c1ccc(OCC)cc1)S(=O)(=O)c1ccc(F)cc1. The van der Waals surface area contributed by atoms with Crippen LogP contribution in [-0.2, 0) is 26.2 Å². The van der Waals surface area contributed by atoms with Gasteiger partial charge in [-0.1, -0.05) is 50.1 Å². The van der Waals surface area contributed by atoms with Crippen molar-refractivity contribution >= 4 is 39.1 Å². The summed E-state index contributed by atoms with van der Waals surface area (Å²) in [7, 11) is -4.32. The number of amides is 2. The van der Waals surface area contributed by atoms with Crippen LogP contribution in [0.2, 0.25) is 5.02 Å². The number of nitrogens with one attached hydrogen (secondary N) is 1. The second-order valence-electron chi connectivity index (χ2n) is 9.57. The smallest absolute Gasteiger partial charge is 0.264 e. The van der Waals surface area contributed by atoms with E-state index in [2.05, 4.69) is 5.32 Å². The molecule has 0 bridgehead atoms. The first-order chi connectivity index (χ1) is 20.1. The summed E-state index contributed by atoms with van der Waals surface area (Å²) < 4.78 is 47.9. The Morgan fingerprint density at radius 1 is 0.976 bits per heavy atom. The van der Waals surface area contributed by atoms with Crippen molar-refractivity contribution in [2.75, 3.05) is 24.0 Å². The fraction of sp³-hybridized carbons (Fsp3) is 0.355. The predicted molar refractivity (Wildman–Crippen MR) is 163 cm³/mol. The number of carbonyl (C=O) groups excluding carboxylic acids is 2. The average molecular weight is 618 g/mol. The number of nitrogens with zero attached hydrogens (tertiary/aromatic N) is 2. The fourth-order valence-corrected chi connectivity index (χ4v) is 5.98. The Labute approximate surface area is 252 Å². The largest absolute Gasteiger partial charge is 0.494 e. The lowest BCUT2D eigenvalue weighted by atomic mass is 10.1. The third-order valence-corrected chi connectivity index (χ3v) is 8.79. The molecule has 0 heterocycles. The molecule has 8 nitrogen and oxygen atoms in total. The summed E-state index contributed by atoms with van der Waals surface area (Å²) in [5.74, 6) is -1.00. The van der Waals surface area contributed by atoms with Gasteiger partial charge in [-0.2, -0.15) is 0 Å². The van der Waals surface area contributed by atoms with Crippen LogP contribution in [0.5, 0.6) is 5.75 Å². The van der Waals surface area contributed by atoms with E-state index < -0.39 is 34.3 Å². The molecule has 3 aromatic rings. The number of unbranched alkanes of at least 4 members (excludes halogenated alkanes) is 1. The van der Waals surface area contributed by atoms with Crippen molar-refractivity contribution in [2.45, 2.75) is 57.5 Å². The molecule has 1 atom stereocenters.